The number of nitriles is 1. The maximum absolute atomic E-state index is 11.9. The highest BCUT2D eigenvalue weighted by Crippen LogP contribution is 2.25. The Hall–Kier alpha value is -0.890. The number of nitrogens with zero attached hydrogens (tertiary/aromatic N) is 2. The Balaban J connectivity index is 2.30. The van der Waals surface area contributed by atoms with Gasteiger partial charge in [0.25, 0.3) is 0 Å². The van der Waals surface area contributed by atoms with Gasteiger partial charge >= 0.3 is 6.09 Å². The van der Waals surface area contributed by atoms with Gasteiger partial charge in [0.15, 0.2) is 0 Å². The van der Waals surface area contributed by atoms with Gasteiger partial charge in [0.1, 0.15) is 5.60 Å². The molecule has 0 aromatic rings. The summed E-state index contributed by atoms with van der Waals surface area (Å²) < 4.78 is 5.38. The lowest BCUT2D eigenvalue weighted by Gasteiger charge is -2.33. The van der Waals surface area contributed by atoms with Crippen molar-refractivity contribution in [2.24, 2.45) is 5.92 Å². The van der Waals surface area contributed by atoms with Crippen molar-refractivity contribution in [2.75, 3.05) is 18.8 Å². The normalized spacial score (nSPS) is 18.4. The van der Waals surface area contributed by atoms with Gasteiger partial charge in [0, 0.05) is 13.1 Å². The fourth-order valence-corrected chi connectivity index (χ4v) is 3.26. The summed E-state index contributed by atoms with van der Waals surface area (Å²) in [4.78, 5) is 13.7. The number of hydrogen-bond donors (Lipinski definition) is 0. The molecule has 1 fully saturated rings. The zero-order valence-electron chi connectivity index (χ0n) is 13.0. The Labute approximate surface area is 126 Å². The molecule has 114 valence electrons. The number of carbonyl (C=O) groups excluding carboxylic acids is 1. The van der Waals surface area contributed by atoms with E-state index in [0.717, 1.165) is 38.1 Å². The highest BCUT2D eigenvalue weighted by Gasteiger charge is 2.27. The van der Waals surface area contributed by atoms with E-state index in [1.54, 1.807) is 16.7 Å². The Morgan fingerprint density at radius 1 is 1.45 bits per heavy atom. The van der Waals surface area contributed by atoms with Gasteiger partial charge in [-0.3, -0.25) is 0 Å². The molecule has 0 aromatic carbocycles. The summed E-state index contributed by atoms with van der Waals surface area (Å²) >= 11 is 1.75. The molecule has 5 heteroatoms. The van der Waals surface area contributed by atoms with Gasteiger partial charge in [-0.05, 0) is 51.7 Å². The van der Waals surface area contributed by atoms with Crippen molar-refractivity contribution in [3.05, 3.63) is 0 Å². The molecule has 0 N–H and O–H groups in total. The van der Waals surface area contributed by atoms with Crippen LogP contribution in [0.15, 0.2) is 0 Å². The maximum Gasteiger partial charge on any atom is 0.410 e. The van der Waals surface area contributed by atoms with E-state index in [0.29, 0.717) is 5.92 Å². The molecular weight excluding hydrogens is 272 g/mol. The average molecular weight is 298 g/mol. The first-order valence-corrected chi connectivity index (χ1v) is 8.39. The van der Waals surface area contributed by atoms with Crippen LogP contribution in [0.2, 0.25) is 0 Å². The highest BCUT2D eigenvalue weighted by atomic mass is 32.2. The highest BCUT2D eigenvalue weighted by molar-refractivity contribution is 8.00. The van der Waals surface area contributed by atoms with Crippen molar-refractivity contribution >= 4 is 17.9 Å². The molecule has 0 radical (unpaired) electrons. The molecule has 0 aliphatic carbocycles. The third kappa shape index (κ3) is 6.04. The van der Waals surface area contributed by atoms with Crippen LogP contribution in [0, 0.1) is 17.2 Å². The average Bonchev–Trinajstić information content (AvgIpc) is 2.38. The van der Waals surface area contributed by atoms with Gasteiger partial charge in [0.05, 0.1) is 11.3 Å². The molecule has 0 spiro atoms. The molecule has 1 atom stereocenters. The predicted octanol–water partition coefficient (Wildman–Crippen LogP) is 3.67. The number of hydrogen-bond acceptors (Lipinski definition) is 4. The Kier molecular flexibility index (Phi) is 6.67. The first-order chi connectivity index (χ1) is 9.35. The van der Waals surface area contributed by atoms with Crippen LogP contribution in [-0.4, -0.2) is 40.7 Å². The molecule has 1 saturated heterocycles. The Bertz CT molecular complexity index is 352. The number of carbonyl (C=O) groups is 1. The first-order valence-electron chi connectivity index (χ1n) is 7.35. The molecular formula is C15H26N2O2S. The van der Waals surface area contributed by atoms with Gasteiger partial charge in [-0.25, -0.2) is 4.79 Å². The number of rotatable bonds is 4. The van der Waals surface area contributed by atoms with E-state index in [2.05, 4.69) is 6.07 Å². The third-order valence-electron chi connectivity index (χ3n) is 3.31. The zero-order valence-corrected chi connectivity index (χ0v) is 13.8. The summed E-state index contributed by atoms with van der Waals surface area (Å²) in [6, 6.07) is 2.32. The van der Waals surface area contributed by atoms with Gasteiger partial charge in [0.2, 0.25) is 0 Å². The number of thioether (sulfide) groups is 1. The van der Waals surface area contributed by atoms with Gasteiger partial charge in [-0.15, -0.1) is 11.8 Å². The van der Waals surface area contributed by atoms with Crippen LogP contribution in [0.25, 0.3) is 0 Å². The van der Waals surface area contributed by atoms with Crippen LogP contribution in [-0.2, 0) is 4.74 Å². The smallest absolute Gasteiger partial charge is 0.410 e. The fourth-order valence-electron chi connectivity index (χ4n) is 2.11. The molecule has 0 unspecified atom stereocenters. The van der Waals surface area contributed by atoms with E-state index in [-0.39, 0.29) is 11.3 Å². The van der Waals surface area contributed by atoms with Crippen molar-refractivity contribution in [1.82, 2.24) is 4.90 Å². The molecule has 1 amide bonds. The van der Waals surface area contributed by atoms with Gasteiger partial charge in [-0.2, -0.15) is 5.26 Å². The predicted molar refractivity (Wildman–Crippen MR) is 82.7 cm³/mol. The largest absolute Gasteiger partial charge is 0.444 e. The van der Waals surface area contributed by atoms with Crippen LogP contribution in [0.1, 0.15) is 47.0 Å². The molecule has 0 bridgehead atoms. The molecule has 0 aromatic heterocycles. The molecule has 1 rings (SSSR count). The van der Waals surface area contributed by atoms with E-state index >= 15 is 0 Å². The minimum Gasteiger partial charge on any atom is -0.444 e. The van der Waals surface area contributed by atoms with E-state index in [9.17, 15) is 4.79 Å². The summed E-state index contributed by atoms with van der Waals surface area (Å²) in [5, 5.41) is 9.05. The third-order valence-corrected chi connectivity index (χ3v) is 4.82. The van der Waals surface area contributed by atoms with Crippen LogP contribution < -0.4 is 0 Å². The van der Waals surface area contributed by atoms with Crippen molar-refractivity contribution in [3.63, 3.8) is 0 Å². The number of piperidine rings is 1. The Morgan fingerprint density at radius 3 is 2.50 bits per heavy atom. The molecule has 20 heavy (non-hydrogen) atoms. The molecule has 1 aliphatic heterocycles. The van der Waals surface area contributed by atoms with E-state index in [4.69, 9.17) is 10.00 Å². The second kappa shape index (κ2) is 7.78. The number of likely N-dealkylation sites (tertiary alicyclic amines) is 1. The van der Waals surface area contributed by atoms with Crippen molar-refractivity contribution in [2.45, 2.75) is 57.8 Å². The first kappa shape index (κ1) is 17.2. The minimum atomic E-state index is -0.426. The lowest BCUT2D eigenvalue weighted by atomic mass is 9.99. The van der Waals surface area contributed by atoms with Crippen molar-refractivity contribution < 1.29 is 9.53 Å². The summed E-state index contributed by atoms with van der Waals surface area (Å²) in [7, 11) is 0. The minimum absolute atomic E-state index is 0.110. The fraction of sp³-hybridized carbons (Fsp3) is 0.867. The van der Waals surface area contributed by atoms with Gasteiger partial charge in [-0.1, -0.05) is 6.92 Å². The van der Waals surface area contributed by atoms with Crippen molar-refractivity contribution in [3.8, 4) is 6.07 Å². The quantitative estimate of drug-likeness (QED) is 0.794. The zero-order chi connectivity index (χ0) is 15.2. The summed E-state index contributed by atoms with van der Waals surface area (Å²) in [6.45, 7) is 9.25. The van der Waals surface area contributed by atoms with Crippen LogP contribution >= 0.6 is 11.8 Å². The number of amides is 1. The summed E-state index contributed by atoms with van der Waals surface area (Å²) in [5.74, 6) is 1.63. The lowest BCUT2D eigenvalue weighted by Crippen LogP contribution is -2.42. The number of ether oxygens (including phenoxy) is 1. The molecule has 1 aliphatic rings. The van der Waals surface area contributed by atoms with Crippen LogP contribution in [0.5, 0.6) is 0 Å². The molecule has 0 saturated carbocycles. The SMILES string of the molecule is CC[C@H](C#N)SCC1CCN(C(=O)OC(C)(C)C)CC1. The second-order valence-corrected chi connectivity index (χ2v) is 7.51. The summed E-state index contributed by atoms with van der Waals surface area (Å²) in [6.07, 6.45) is 2.72. The van der Waals surface area contributed by atoms with Crippen molar-refractivity contribution in [1.29, 1.82) is 5.26 Å². The van der Waals surface area contributed by atoms with Crippen LogP contribution in [0.3, 0.4) is 0 Å². The topological polar surface area (TPSA) is 53.3 Å². The van der Waals surface area contributed by atoms with E-state index < -0.39 is 5.60 Å². The molecule has 4 nitrogen and oxygen atoms in total. The molecule has 1 heterocycles. The van der Waals surface area contributed by atoms with E-state index in [1.807, 2.05) is 27.7 Å². The van der Waals surface area contributed by atoms with Crippen LogP contribution in [0.4, 0.5) is 4.79 Å². The van der Waals surface area contributed by atoms with Gasteiger partial charge < -0.3 is 9.64 Å². The second-order valence-electron chi connectivity index (χ2n) is 6.27. The Morgan fingerprint density at radius 2 is 2.05 bits per heavy atom. The monoisotopic (exact) mass is 298 g/mol. The summed E-state index contributed by atoms with van der Waals surface area (Å²) in [5.41, 5.74) is -0.426. The lowest BCUT2D eigenvalue weighted by molar-refractivity contribution is 0.0191. The van der Waals surface area contributed by atoms with E-state index in [1.165, 1.54) is 0 Å². The standard InChI is InChI=1S/C15H26N2O2S/c1-5-13(10-16)20-11-12-6-8-17(9-7-12)14(18)19-15(2,3)4/h12-13H,5-9,11H2,1-4H3/t13-/m1/s1. The maximum atomic E-state index is 11.9.